The molecule has 0 bridgehead atoms. The van der Waals surface area contributed by atoms with Crippen molar-refractivity contribution in [3.8, 4) is 12.1 Å². The third-order valence-electron chi connectivity index (χ3n) is 7.10. The van der Waals surface area contributed by atoms with Gasteiger partial charge in [0.05, 0.1) is 0 Å². The minimum absolute atomic E-state index is 0.127. The normalized spacial score (nSPS) is 20.5. The van der Waals surface area contributed by atoms with E-state index < -0.39 is 0 Å². The Morgan fingerprint density at radius 2 is 1.55 bits per heavy atom. The number of anilines is 1. The van der Waals surface area contributed by atoms with Gasteiger partial charge in [0.15, 0.2) is 0 Å². The van der Waals surface area contributed by atoms with Crippen molar-refractivity contribution in [2.75, 3.05) is 18.0 Å². The molecular formula is C27H31N3O. The first-order valence-electron chi connectivity index (χ1n) is 11.2. The Kier molecular flexibility index (Phi) is 5.22. The number of nitrogens with zero attached hydrogens (tertiary/aromatic N) is 3. The zero-order chi connectivity index (χ0) is 22.4. The van der Waals surface area contributed by atoms with E-state index in [1.54, 1.807) is 6.08 Å². The predicted octanol–water partition coefficient (Wildman–Crippen LogP) is 5.95. The molecule has 3 heterocycles. The molecule has 0 fully saturated rings. The molecule has 3 aliphatic heterocycles. The molecule has 31 heavy (non-hydrogen) atoms. The maximum atomic E-state index is 9.22. The number of ether oxygens (including phenoxy) is 1. The molecule has 4 nitrogen and oxygen atoms in total. The van der Waals surface area contributed by atoms with Crippen molar-refractivity contribution in [3.63, 3.8) is 0 Å². The summed E-state index contributed by atoms with van der Waals surface area (Å²) in [5.74, 6) is 1.53. The highest BCUT2D eigenvalue weighted by atomic mass is 16.5. The minimum Gasteiger partial charge on any atom is -0.466 e. The summed E-state index contributed by atoms with van der Waals surface area (Å²) >= 11 is 0. The van der Waals surface area contributed by atoms with E-state index in [9.17, 15) is 10.5 Å². The van der Waals surface area contributed by atoms with Crippen LogP contribution in [-0.4, -0.2) is 13.1 Å². The summed E-state index contributed by atoms with van der Waals surface area (Å²) in [4.78, 5) is 2.59. The number of allylic oxidation sites excluding steroid dienone is 6. The Bertz CT molecular complexity index is 1050. The van der Waals surface area contributed by atoms with Crippen molar-refractivity contribution >= 4 is 5.69 Å². The summed E-state index contributed by atoms with van der Waals surface area (Å²) in [7, 11) is 0. The molecule has 1 aromatic rings. The van der Waals surface area contributed by atoms with Crippen molar-refractivity contribution in [1.29, 1.82) is 10.5 Å². The van der Waals surface area contributed by atoms with Crippen LogP contribution < -0.4 is 4.90 Å². The first kappa shape index (κ1) is 21.3. The first-order valence-corrected chi connectivity index (χ1v) is 11.2. The van der Waals surface area contributed by atoms with Gasteiger partial charge in [-0.25, -0.2) is 0 Å². The molecule has 4 heteroatoms. The molecule has 0 N–H and O–H groups in total. The highest BCUT2D eigenvalue weighted by Crippen LogP contribution is 2.49. The average Bonchev–Trinajstić information content (AvgIpc) is 2.71. The van der Waals surface area contributed by atoms with Gasteiger partial charge >= 0.3 is 0 Å². The lowest BCUT2D eigenvalue weighted by molar-refractivity contribution is 0.287. The van der Waals surface area contributed by atoms with E-state index in [1.807, 2.05) is 25.1 Å². The molecule has 0 radical (unpaired) electrons. The lowest BCUT2D eigenvalue weighted by atomic mass is 9.69. The Morgan fingerprint density at radius 3 is 2.10 bits per heavy atom. The van der Waals surface area contributed by atoms with E-state index >= 15 is 0 Å². The minimum atomic E-state index is 0.127. The van der Waals surface area contributed by atoms with Crippen molar-refractivity contribution in [2.45, 2.75) is 71.1 Å². The smallest absolute Gasteiger partial charge is 0.137 e. The molecule has 0 atom stereocenters. The largest absolute Gasteiger partial charge is 0.466 e. The van der Waals surface area contributed by atoms with Crippen LogP contribution in [0.4, 0.5) is 5.69 Å². The maximum absolute atomic E-state index is 9.22. The lowest BCUT2D eigenvalue weighted by Gasteiger charge is -2.48. The third kappa shape index (κ3) is 3.88. The zero-order valence-electron chi connectivity index (χ0n) is 19.3. The molecule has 0 aliphatic carbocycles. The second-order valence-corrected chi connectivity index (χ2v) is 10.3. The topological polar surface area (TPSA) is 60.0 Å². The number of aryl methyl sites for hydroxylation is 1. The molecule has 0 amide bonds. The van der Waals surface area contributed by atoms with Gasteiger partial charge in [0.2, 0.25) is 0 Å². The highest BCUT2D eigenvalue weighted by molar-refractivity contribution is 5.68. The molecule has 3 aliphatic rings. The summed E-state index contributed by atoms with van der Waals surface area (Å²) in [5, 5.41) is 18.4. The Hall–Kier alpha value is -2.98. The predicted molar refractivity (Wildman–Crippen MR) is 123 cm³/mol. The molecular weight excluding hydrogens is 382 g/mol. The van der Waals surface area contributed by atoms with Gasteiger partial charge in [0.25, 0.3) is 0 Å². The van der Waals surface area contributed by atoms with E-state index in [-0.39, 0.29) is 16.4 Å². The van der Waals surface area contributed by atoms with Crippen molar-refractivity contribution in [2.24, 2.45) is 0 Å². The third-order valence-corrected chi connectivity index (χ3v) is 7.10. The summed E-state index contributed by atoms with van der Waals surface area (Å²) in [6, 6.07) is 8.78. The molecule has 4 rings (SSSR count). The second-order valence-electron chi connectivity index (χ2n) is 10.3. The molecule has 1 aromatic carbocycles. The van der Waals surface area contributed by atoms with Crippen LogP contribution in [0.1, 0.15) is 70.6 Å². The van der Waals surface area contributed by atoms with Gasteiger partial charge in [-0.15, -0.1) is 0 Å². The van der Waals surface area contributed by atoms with Crippen molar-refractivity contribution in [1.82, 2.24) is 0 Å². The summed E-state index contributed by atoms with van der Waals surface area (Å²) in [5.41, 5.74) is 6.88. The van der Waals surface area contributed by atoms with Gasteiger partial charge in [-0.2, -0.15) is 10.5 Å². The van der Waals surface area contributed by atoms with Crippen LogP contribution in [0.5, 0.6) is 0 Å². The summed E-state index contributed by atoms with van der Waals surface area (Å²) < 4.78 is 5.92. The van der Waals surface area contributed by atoms with Crippen LogP contribution in [0.3, 0.4) is 0 Å². The fourth-order valence-corrected chi connectivity index (χ4v) is 5.03. The first-order chi connectivity index (χ1) is 14.6. The Morgan fingerprint density at radius 1 is 0.968 bits per heavy atom. The van der Waals surface area contributed by atoms with Gasteiger partial charge in [0, 0.05) is 30.8 Å². The lowest BCUT2D eigenvalue weighted by Crippen LogP contribution is -2.44. The van der Waals surface area contributed by atoms with Crippen LogP contribution in [0.25, 0.3) is 0 Å². The molecule has 0 saturated heterocycles. The summed E-state index contributed by atoms with van der Waals surface area (Å²) in [6.45, 7) is 13.6. The Labute approximate surface area is 186 Å². The average molecular weight is 414 g/mol. The van der Waals surface area contributed by atoms with E-state index in [4.69, 9.17) is 4.74 Å². The van der Waals surface area contributed by atoms with Crippen molar-refractivity contribution < 1.29 is 4.74 Å². The molecule has 0 saturated carbocycles. The van der Waals surface area contributed by atoms with Gasteiger partial charge in [-0.3, -0.25) is 0 Å². The fraction of sp³-hybridized carbons (Fsp3) is 0.481. The SMILES string of the molecule is CC1=CC(=C(C#N)C#N)C=C(CCc2cc3c4c(c2)C(C)(C)CCN4CCC3(C)C)O1. The number of hydrogen-bond donors (Lipinski definition) is 0. The van der Waals surface area contributed by atoms with Crippen LogP contribution >= 0.6 is 0 Å². The van der Waals surface area contributed by atoms with E-state index in [1.165, 1.54) is 35.2 Å². The standard InChI is InChI=1S/C27H31N3O/c1-18-12-20(21(16-28)17-29)15-22(31-18)7-6-19-13-23-25-24(14-19)27(4,5)9-11-30(25)10-8-26(23,2)3/h12-15H,6-11H2,1-5H3. The number of benzene rings is 1. The van der Waals surface area contributed by atoms with Gasteiger partial charge in [-0.1, -0.05) is 39.8 Å². The fourth-order valence-electron chi connectivity index (χ4n) is 5.03. The van der Waals surface area contributed by atoms with E-state index in [0.717, 1.165) is 31.7 Å². The van der Waals surface area contributed by atoms with Crippen LogP contribution in [0.2, 0.25) is 0 Å². The van der Waals surface area contributed by atoms with Gasteiger partial charge in [0.1, 0.15) is 29.2 Å². The molecule has 0 unspecified atom stereocenters. The monoisotopic (exact) mass is 413 g/mol. The van der Waals surface area contributed by atoms with Crippen molar-refractivity contribution in [3.05, 3.63) is 63.6 Å². The molecule has 0 aromatic heterocycles. The highest BCUT2D eigenvalue weighted by Gasteiger charge is 2.39. The second kappa shape index (κ2) is 7.61. The quantitative estimate of drug-likeness (QED) is 0.575. The van der Waals surface area contributed by atoms with Crippen LogP contribution in [0.15, 0.2) is 46.9 Å². The number of rotatable bonds is 3. The zero-order valence-corrected chi connectivity index (χ0v) is 19.3. The van der Waals surface area contributed by atoms with E-state index in [0.29, 0.717) is 11.3 Å². The van der Waals surface area contributed by atoms with E-state index in [2.05, 4.69) is 44.7 Å². The maximum Gasteiger partial charge on any atom is 0.137 e. The number of nitriles is 2. The van der Waals surface area contributed by atoms with Crippen LogP contribution in [-0.2, 0) is 22.0 Å². The molecule has 0 spiro atoms. The molecule has 160 valence electrons. The van der Waals surface area contributed by atoms with Crippen LogP contribution in [0, 0.1) is 22.7 Å². The van der Waals surface area contributed by atoms with Gasteiger partial charge in [-0.05, 0) is 65.9 Å². The number of hydrogen-bond acceptors (Lipinski definition) is 4. The Balaban J connectivity index is 1.68. The summed E-state index contributed by atoms with van der Waals surface area (Å²) in [6.07, 6.45) is 7.57. The van der Waals surface area contributed by atoms with Gasteiger partial charge < -0.3 is 9.64 Å².